The second kappa shape index (κ2) is 20.7. The molecule has 1 N–H and O–H groups in total. The van der Waals surface area contributed by atoms with Crippen LogP contribution < -0.4 is 0 Å². The Balaban J connectivity index is 0. The Hall–Kier alpha value is 0.427. The third kappa shape index (κ3) is 40.5. The molecule has 0 rings (SSSR count). The zero-order chi connectivity index (χ0) is 19.4. The molecule has 0 aliphatic carbocycles. The second-order valence-electron chi connectivity index (χ2n) is 8.73. The van der Waals surface area contributed by atoms with Crippen LogP contribution in [0.1, 0.15) is 96.8 Å². The summed E-state index contributed by atoms with van der Waals surface area (Å²) in [6.45, 7) is 9.42. The van der Waals surface area contributed by atoms with Crippen molar-refractivity contribution in [1.82, 2.24) is 0 Å². The SMILES string of the molecule is CCCCCCCC/C=C\CCCCCCCC(=O)O.C[Si](C)(C)[Na]. The normalized spacial score (nSPS) is 11.4. The van der Waals surface area contributed by atoms with Gasteiger partial charge in [-0.2, -0.15) is 0 Å². The van der Waals surface area contributed by atoms with Gasteiger partial charge in [0.2, 0.25) is 0 Å². The van der Waals surface area contributed by atoms with Gasteiger partial charge in [0.15, 0.2) is 0 Å². The minimum absolute atomic E-state index is 0.332. The molecule has 0 aromatic heterocycles. The van der Waals surface area contributed by atoms with Gasteiger partial charge < -0.3 is 5.11 Å². The zero-order valence-corrected chi connectivity index (χ0v) is 20.9. The number of carbonyl (C=O) groups is 1. The Morgan fingerprint density at radius 1 is 0.800 bits per heavy atom. The van der Waals surface area contributed by atoms with Gasteiger partial charge in [-0.15, -0.1) is 0 Å². The summed E-state index contributed by atoms with van der Waals surface area (Å²) in [7, 11) is 0. The van der Waals surface area contributed by atoms with E-state index < -0.39 is 10.6 Å². The van der Waals surface area contributed by atoms with Gasteiger partial charge in [-0.3, -0.25) is 4.79 Å². The predicted octanol–water partition coefficient (Wildman–Crippen LogP) is 7.10. The summed E-state index contributed by atoms with van der Waals surface area (Å²) in [4.78, 5) is 10.3. The topological polar surface area (TPSA) is 37.3 Å². The van der Waals surface area contributed by atoms with Gasteiger partial charge in [0.25, 0.3) is 0 Å². The summed E-state index contributed by atoms with van der Waals surface area (Å²) < 4.78 is -0.472. The summed E-state index contributed by atoms with van der Waals surface area (Å²) in [5.74, 6) is -0.664. The Kier molecular flexibility index (Phi) is 22.9. The Bertz CT molecular complexity index is 306. The molecular weight excluding hydrogens is 335 g/mol. The molecule has 0 aromatic carbocycles. The van der Waals surface area contributed by atoms with Crippen LogP contribution >= 0.6 is 0 Å². The Morgan fingerprint density at radius 2 is 1.16 bits per heavy atom. The number of hydrogen-bond acceptors (Lipinski definition) is 1. The van der Waals surface area contributed by atoms with Gasteiger partial charge in [-0.05, 0) is 32.1 Å². The fourth-order valence-electron chi connectivity index (χ4n) is 2.35. The summed E-state index contributed by atoms with van der Waals surface area (Å²) in [5, 5.41) is 8.51. The van der Waals surface area contributed by atoms with E-state index in [1.54, 1.807) is 0 Å². The number of carboxylic acids is 1. The van der Waals surface area contributed by atoms with Gasteiger partial charge in [0, 0.05) is 6.42 Å². The molecule has 0 heterocycles. The van der Waals surface area contributed by atoms with Crippen molar-refractivity contribution in [2.75, 3.05) is 0 Å². The van der Waals surface area contributed by atoms with E-state index >= 15 is 0 Å². The van der Waals surface area contributed by atoms with Crippen molar-refractivity contribution in [1.29, 1.82) is 0 Å². The molecule has 25 heavy (non-hydrogen) atoms. The summed E-state index contributed by atoms with van der Waals surface area (Å²) in [5.41, 5.74) is 0. The third-order valence-corrected chi connectivity index (χ3v) is 3.65. The molecule has 2 nitrogen and oxygen atoms in total. The molecule has 0 atom stereocenters. The molecule has 0 saturated heterocycles. The van der Waals surface area contributed by atoms with Crippen molar-refractivity contribution in [3.8, 4) is 0 Å². The van der Waals surface area contributed by atoms with Crippen molar-refractivity contribution >= 4 is 37.6 Å². The van der Waals surface area contributed by atoms with Crippen LogP contribution in [0.3, 0.4) is 0 Å². The summed E-state index contributed by atoms with van der Waals surface area (Å²) in [6.07, 6.45) is 21.2. The number of allylic oxidation sites excluding steroid dienone is 2. The van der Waals surface area contributed by atoms with Crippen LogP contribution in [0, 0.1) is 0 Å². The van der Waals surface area contributed by atoms with E-state index in [0.29, 0.717) is 6.42 Å². The first-order valence-corrected chi connectivity index (χ1v) is 17.6. The van der Waals surface area contributed by atoms with Gasteiger partial charge >= 0.3 is 57.3 Å². The van der Waals surface area contributed by atoms with Crippen molar-refractivity contribution in [2.45, 2.75) is 116 Å². The molecule has 0 bridgehead atoms. The number of aliphatic carboxylic acids is 1. The first-order valence-electron chi connectivity index (χ1n) is 10.6. The Labute approximate surface area is 175 Å². The fraction of sp³-hybridized carbons (Fsp3) is 0.857. The first kappa shape index (κ1) is 27.6. The number of unbranched alkanes of at least 4 members (excludes halogenated alkanes) is 11. The average molecular weight is 379 g/mol. The van der Waals surface area contributed by atoms with E-state index in [0.717, 1.165) is 12.8 Å². The molecule has 0 aromatic rings. The van der Waals surface area contributed by atoms with Crippen LogP contribution in [0.2, 0.25) is 19.6 Å². The molecule has 4 heteroatoms. The van der Waals surface area contributed by atoms with Crippen LogP contribution in [0.15, 0.2) is 12.2 Å². The third-order valence-electron chi connectivity index (χ3n) is 3.65. The summed E-state index contributed by atoms with van der Waals surface area (Å²) in [6, 6.07) is 0. The van der Waals surface area contributed by atoms with Crippen LogP contribution in [-0.4, -0.2) is 42.7 Å². The van der Waals surface area contributed by atoms with E-state index in [2.05, 4.69) is 38.7 Å². The number of carboxylic acid groups (broad SMARTS) is 1. The number of rotatable bonds is 15. The molecule has 0 unspecified atom stereocenters. The van der Waals surface area contributed by atoms with Crippen LogP contribution in [-0.2, 0) is 4.79 Å². The number of hydrogen-bond donors (Lipinski definition) is 1. The zero-order valence-electron chi connectivity index (χ0n) is 17.9. The summed E-state index contributed by atoms with van der Waals surface area (Å²) >= 11 is 1.45. The van der Waals surface area contributed by atoms with Crippen molar-refractivity contribution in [3.05, 3.63) is 12.2 Å². The monoisotopic (exact) mass is 378 g/mol. The molecule has 0 fully saturated rings. The quantitative estimate of drug-likeness (QED) is 0.187. The average Bonchev–Trinajstić information content (AvgIpc) is 2.49. The maximum atomic E-state index is 10.3. The molecular formula is C21H43NaO2Si. The fourth-order valence-corrected chi connectivity index (χ4v) is 2.35. The van der Waals surface area contributed by atoms with Crippen LogP contribution in [0.25, 0.3) is 0 Å². The Morgan fingerprint density at radius 3 is 1.56 bits per heavy atom. The van der Waals surface area contributed by atoms with Gasteiger partial charge in [0.05, 0.1) is 0 Å². The minimum atomic E-state index is -0.664. The van der Waals surface area contributed by atoms with Crippen LogP contribution in [0.5, 0.6) is 0 Å². The molecule has 0 aliphatic rings. The van der Waals surface area contributed by atoms with Crippen molar-refractivity contribution in [2.24, 2.45) is 0 Å². The van der Waals surface area contributed by atoms with Gasteiger partial charge in [0.1, 0.15) is 0 Å². The molecule has 0 saturated carbocycles. The molecule has 0 radical (unpaired) electrons. The van der Waals surface area contributed by atoms with E-state index in [9.17, 15) is 4.79 Å². The van der Waals surface area contributed by atoms with Gasteiger partial charge in [-0.25, -0.2) is 0 Å². The van der Waals surface area contributed by atoms with E-state index in [1.807, 2.05) is 0 Å². The van der Waals surface area contributed by atoms with Gasteiger partial charge in [-0.1, -0.05) is 70.4 Å². The molecule has 0 amide bonds. The first-order chi connectivity index (χ1) is 11.8. The van der Waals surface area contributed by atoms with E-state index in [-0.39, 0.29) is 0 Å². The van der Waals surface area contributed by atoms with Crippen molar-refractivity contribution < 1.29 is 9.90 Å². The van der Waals surface area contributed by atoms with Crippen molar-refractivity contribution in [3.63, 3.8) is 0 Å². The van der Waals surface area contributed by atoms with E-state index in [4.69, 9.17) is 5.11 Å². The second-order valence-corrected chi connectivity index (χ2v) is 23.7. The predicted molar refractivity (Wildman–Crippen MR) is 116 cm³/mol. The maximum absolute atomic E-state index is 10.3. The molecule has 0 aliphatic heterocycles. The van der Waals surface area contributed by atoms with Crippen LogP contribution in [0.4, 0.5) is 0 Å². The standard InChI is InChI=1S/C18H34O2.C3H9Si.Na/c1-2-3-4-5-6-7-8-9-10-11-12-13-14-15-16-17-18(19)20;1-4(2)3;/h9-10H,2-8,11-17H2,1H3,(H,19,20);1-3H3;/b10-9-;;. The molecule has 0 spiro atoms. The molecule has 144 valence electrons. The van der Waals surface area contributed by atoms with E-state index in [1.165, 1.54) is 97.7 Å².